The Hall–Kier alpha value is -3.88. The predicted octanol–water partition coefficient (Wildman–Crippen LogP) is 3.26. The molecular formula is C26H29N3O6. The van der Waals surface area contributed by atoms with Crippen LogP contribution in [-0.4, -0.2) is 41.0 Å². The summed E-state index contributed by atoms with van der Waals surface area (Å²) in [4.78, 5) is 49.9. The Bertz CT molecular complexity index is 1140. The zero-order valence-electron chi connectivity index (χ0n) is 19.8. The maximum Gasteiger partial charge on any atom is 0.344 e. The number of amides is 4. The molecule has 35 heavy (non-hydrogen) atoms. The van der Waals surface area contributed by atoms with E-state index >= 15 is 0 Å². The van der Waals surface area contributed by atoms with Gasteiger partial charge >= 0.3 is 12.0 Å². The highest BCUT2D eigenvalue weighted by Gasteiger charge is 2.52. The second kappa shape index (κ2) is 10.2. The van der Waals surface area contributed by atoms with Gasteiger partial charge in [0.25, 0.3) is 11.8 Å². The summed E-state index contributed by atoms with van der Waals surface area (Å²) in [6, 6.07) is 13.7. The van der Waals surface area contributed by atoms with E-state index in [2.05, 4.69) is 17.7 Å². The van der Waals surface area contributed by atoms with Crippen molar-refractivity contribution in [2.75, 3.05) is 6.61 Å². The lowest BCUT2D eigenvalue weighted by molar-refractivity contribution is -0.141. The molecule has 0 atom stereocenters. The van der Waals surface area contributed by atoms with Crippen LogP contribution in [0.4, 0.5) is 4.79 Å². The van der Waals surface area contributed by atoms with Crippen LogP contribution >= 0.6 is 0 Å². The van der Waals surface area contributed by atoms with E-state index in [1.165, 1.54) is 6.07 Å². The van der Waals surface area contributed by atoms with E-state index in [4.69, 9.17) is 9.47 Å². The van der Waals surface area contributed by atoms with Crippen LogP contribution in [0.25, 0.3) is 0 Å². The molecule has 1 saturated heterocycles. The lowest BCUT2D eigenvalue weighted by atomic mass is 9.77. The summed E-state index contributed by atoms with van der Waals surface area (Å²) in [6.45, 7) is 3.80. The van der Waals surface area contributed by atoms with Gasteiger partial charge in [-0.1, -0.05) is 42.8 Å². The number of rotatable bonds is 7. The molecule has 1 saturated carbocycles. The van der Waals surface area contributed by atoms with Crippen molar-refractivity contribution in [2.24, 2.45) is 5.92 Å². The predicted molar refractivity (Wildman–Crippen MR) is 126 cm³/mol. The van der Waals surface area contributed by atoms with Crippen LogP contribution in [0.2, 0.25) is 0 Å². The second-order valence-corrected chi connectivity index (χ2v) is 9.25. The Morgan fingerprint density at radius 2 is 1.86 bits per heavy atom. The summed E-state index contributed by atoms with van der Waals surface area (Å²) in [5.41, 5.74) is 3.62. The average molecular weight is 480 g/mol. The number of esters is 1. The van der Waals surface area contributed by atoms with Gasteiger partial charge in [0.15, 0.2) is 6.61 Å². The summed E-state index contributed by atoms with van der Waals surface area (Å²) >= 11 is 0. The fourth-order valence-corrected chi connectivity index (χ4v) is 4.37. The molecule has 0 aromatic heterocycles. The van der Waals surface area contributed by atoms with E-state index in [9.17, 15) is 19.2 Å². The van der Waals surface area contributed by atoms with E-state index < -0.39 is 36.0 Å². The number of carbonyl (C=O) groups is 4. The molecule has 0 bridgehead atoms. The summed E-state index contributed by atoms with van der Waals surface area (Å²) in [7, 11) is 0. The zero-order valence-corrected chi connectivity index (χ0v) is 19.8. The SMILES string of the molecule is Cc1cccc(COc2cccc(C(=O)OCC(=O)NN3C(=O)NC4(CCC(C)CC4)C3=O)c2)c1. The average Bonchev–Trinajstić information content (AvgIpc) is 3.07. The highest BCUT2D eigenvalue weighted by atomic mass is 16.5. The van der Waals surface area contributed by atoms with Crippen molar-refractivity contribution >= 4 is 23.8 Å². The van der Waals surface area contributed by atoms with Crippen molar-refractivity contribution in [2.45, 2.75) is 51.7 Å². The van der Waals surface area contributed by atoms with E-state index in [0.717, 1.165) is 24.0 Å². The molecule has 1 aliphatic heterocycles. The molecule has 2 aliphatic rings. The number of aryl methyl sites for hydroxylation is 1. The lowest BCUT2D eigenvalue weighted by Crippen LogP contribution is -2.52. The molecule has 1 aliphatic carbocycles. The van der Waals surface area contributed by atoms with Gasteiger partial charge in [0, 0.05) is 0 Å². The van der Waals surface area contributed by atoms with Gasteiger partial charge in [0.1, 0.15) is 17.9 Å². The van der Waals surface area contributed by atoms with Gasteiger partial charge in [-0.3, -0.25) is 15.0 Å². The smallest absolute Gasteiger partial charge is 0.344 e. The molecule has 2 aromatic carbocycles. The van der Waals surface area contributed by atoms with Gasteiger partial charge in [-0.05, 0) is 62.3 Å². The third kappa shape index (κ3) is 5.62. The Morgan fingerprint density at radius 3 is 2.60 bits per heavy atom. The minimum Gasteiger partial charge on any atom is -0.489 e. The minimum absolute atomic E-state index is 0.213. The molecule has 4 rings (SSSR count). The minimum atomic E-state index is -0.966. The van der Waals surface area contributed by atoms with Crippen LogP contribution in [0.15, 0.2) is 48.5 Å². The van der Waals surface area contributed by atoms with Crippen LogP contribution in [-0.2, 0) is 20.9 Å². The first-order chi connectivity index (χ1) is 16.8. The fourth-order valence-electron chi connectivity index (χ4n) is 4.37. The molecule has 9 nitrogen and oxygen atoms in total. The Labute approximate surface area is 203 Å². The van der Waals surface area contributed by atoms with Crippen molar-refractivity contribution in [3.63, 3.8) is 0 Å². The van der Waals surface area contributed by atoms with E-state index in [1.807, 2.05) is 31.2 Å². The molecule has 9 heteroatoms. The number of hydrogen-bond acceptors (Lipinski definition) is 6. The highest BCUT2D eigenvalue weighted by molar-refractivity contribution is 6.08. The van der Waals surface area contributed by atoms with Crippen molar-refractivity contribution < 1.29 is 28.7 Å². The van der Waals surface area contributed by atoms with Crippen LogP contribution in [0.5, 0.6) is 5.75 Å². The molecule has 0 radical (unpaired) electrons. The second-order valence-electron chi connectivity index (χ2n) is 9.25. The molecule has 1 heterocycles. The Morgan fingerprint density at radius 1 is 1.11 bits per heavy atom. The van der Waals surface area contributed by atoms with Gasteiger partial charge in [-0.15, -0.1) is 0 Å². The largest absolute Gasteiger partial charge is 0.489 e. The normalized spacial score (nSPS) is 21.5. The topological polar surface area (TPSA) is 114 Å². The van der Waals surface area contributed by atoms with Gasteiger partial charge in [-0.2, -0.15) is 5.01 Å². The zero-order chi connectivity index (χ0) is 25.0. The maximum atomic E-state index is 12.8. The number of hydrazine groups is 1. The fraction of sp³-hybridized carbons (Fsp3) is 0.385. The quantitative estimate of drug-likeness (QED) is 0.465. The number of nitrogens with one attached hydrogen (secondary N) is 2. The lowest BCUT2D eigenvalue weighted by Gasteiger charge is -2.33. The Kier molecular flexibility index (Phi) is 7.04. The van der Waals surface area contributed by atoms with Crippen LogP contribution in [0.3, 0.4) is 0 Å². The molecule has 2 fully saturated rings. The van der Waals surface area contributed by atoms with Crippen molar-refractivity contribution in [1.82, 2.24) is 15.8 Å². The Balaban J connectivity index is 1.28. The summed E-state index contributed by atoms with van der Waals surface area (Å²) < 4.78 is 10.8. The number of ether oxygens (including phenoxy) is 2. The van der Waals surface area contributed by atoms with Crippen molar-refractivity contribution in [3.05, 3.63) is 65.2 Å². The van der Waals surface area contributed by atoms with Crippen molar-refractivity contribution in [3.8, 4) is 5.75 Å². The number of benzene rings is 2. The first kappa shape index (κ1) is 24.3. The number of urea groups is 1. The molecule has 2 aromatic rings. The third-order valence-corrected chi connectivity index (χ3v) is 6.42. The monoisotopic (exact) mass is 479 g/mol. The summed E-state index contributed by atoms with van der Waals surface area (Å²) in [5.74, 6) is -1.02. The van der Waals surface area contributed by atoms with Gasteiger partial charge in [0.05, 0.1) is 5.56 Å². The molecule has 4 amide bonds. The molecule has 0 unspecified atom stereocenters. The van der Waals surface area contributed by atoms with Crippen molar-refractivity contribution in [1.29, 1.82) is 0 Å². The number of imide groups is 1. The standard InChI is InChI=1S/C26H29N3O6/c1-17-9-11-26(12-10-17)24(32)29(25(33)27-26)28-22(30)16-35-23(31)20-7-4-8-21(14-20)34-15-19-6-3-5-18(2)13-19/h3-8,13-14,17H,9-12,15-16H2,1-2H3,(H,27,33)(H,28,30). The third-order valence-electron chi connectivity index (χ3n) is 6.42. The van der Waals surface area contributed by atoms with Gasteiger partial charge in [0.2, 0.25) is 0 Å². The number of hydrogen-bond donors (Lipinski definition) is 2. The van der Waals surface area contributed by atoms with E-state index in [0.29, 0.717) is 36.1 Å². The number of nitrogens with zero attached hydrogens (tertiary/aromatic N) is 1. The van der Waals surface area contributed by atoms with Gasteiger partial charge in [-0.25, -0.2) is 9.59 Å². The van der Waals surface area contributed by atoms with Crippen LogP contribution < -0.4 is 15.5 Å². The summed E-state index contributed by atoms with van der Waals surface area (Å²) in [5, 5.41) is 3.41. The molecular weight excluding hydrogens is 450 g/mol. The molecule has 184 valence electrons. The van der Waals surface area contributed by atoms with E-state index in [-0.39, 0.29) is 5.56 Å². The highest BCUT2D eigenvalue weighted by Crippen LogP contribution is 2.35. The maximum absolute atomic E-state index is 12.8. The molecule has 1 spiro atoms. The van der Waals surface area contributed by atoms with Crippen LogP contribution in [0, 0.1) is 12.8 Å². The van der Waals surface area contributed by atoms with Crippen LogP contribution in [0.1, 0.15) is 54.1 Å². The van der Waals surface area contributed by atoms with E-state index in [1.54, 1.807) is 18.2 Å². The molecule has 2 N–H and O–H groups in total. The number of carbonyl (C=O) groups excluding carboxylic acids is 4. The first-order valence-corrected chi connectivity index (χ1v) is 11.7. The van der Waals surface area contributed by atoms with Gasteiger partial charge < -0.3 is 14.8 Å². The summed E-state index contributed by atoms with van der Waals surface area (Å²) in [6.07, 6.45) is 2.70. The first-order valence-electron chi connectivity index (χ1n) is 11.7.